The maximum absolute atomic E-state index is 9.85. The van der Waals surface area contributed by atoms with E-state index in [-0.39, 0.29) is 0 Å². The quantitative estimate of drug-likeness (QED) is 0.725. The Morgan fingerprint density at radius 2 is 2.15 bits per heavy atom. The van der Waals surface area contributed by atoms with Crippen molar-refractivity contribution in [2.75, 3.05) is 6.26 Å². The molecule has 13 heavy (non-hydrogen) atoms. The summed E-state index contributed by atoms with van der Waals surface area (Å²) in [4.78, 5) is 2.19. The molecule has 1 heterocycles. The van der Waals surface area contributed by atoms with Crippen molar-refractivity contribution in [3.05, 3.63) is 23.1 Å². The summed E-state index contributed by atoms with van der Waals surface area (Å²) < 4.78 is 1.00. The van der Waals surface area contributed by atoms with Crippen LogP contribution in [0, 0.1) is 6.92 Å². The number of phenols is 1. The lowest BCUT2D eigenvalue weighted by molar-refractivity contribution is 0.470. The van der Waals surface area contributed by atoms with Gasteiger partial charge < -0.3 is 5.11 Å². The second-order valence-corrected chi connectivity index (χ2v) is 5.00. The normalized spacial score (nSPS) is 10.9. The zero-order chi connectivity index (χ0) is 9.42. The number of phenolic OH excluding ortho intramolecular Hbond substituents is 1. The molecule has 0 saturated heterocycles. The zero-order valence-corrected chi connectivity index (χ0v) is 9.13. The Kier molecular flexibility index (Phi) is 2.22. The summed E-state index contributed by atoms with van der Waals surface area (Å²) in [5, 5.41) is 11.0. The third-order valence-electron chi connectivity index (χ3n) is 1.97. The van der Waals surface area contributed by atoms with Gasteiger partial charge in [-0.25, -0.2) is 0 Å². The Hall–Kier alpha value is -0.670. The van der Waals surface area contributed by atoms with E-state index in [1.165, 1.54) is 4.88 Å². The summed E-state index contributed by atoms with van der Waals surface area (Å²) in [6, 6.07) is 6.13. The van der Waals surface area contributed by atoms with E-state index in [4.69, 9.17) is 0 Å². The monoisotopic (exact) mass is 210 g/mol. The van der Waals surface area contributed by atoms with Crippen molar-refractivity contribution in [2.45, 2.75) is 11.8 Å². The number of aryl methyl sites for hydroxylation is 1. The molecule has 0 spiro atoms. The Bertz CT molecular complexity index is 445. The van der Waals surface area contributed by atoms with Crippen molar-refractivity contribution < 1.29 is 5.11 Å². The van der Waals surface area contributed by atoms with Gasteiger partial charge in [-0.3, -0.25) is 0 Å². The molecule has 0 fully saturated rings. The standard InChI is InChI=1S/C10H10OS2/c1-6-5-7-3-4-8(12-2)9(11)10(7)13-6/h3-5,11H,1-2H3. The van der Waals surface area contributed by atoms with Crippen molar-refractivity contribution in [2.24, 2.45) is 0 Å². The molecule has 0 unspecified atom stereocenters. The van der Waals surface area contributed by atoms with Crippen LogP contribution in [0.25, 0.3) is 10.1 Å². The van der Waals surface area contributed by atoms with Crippen LogP contribution in [0.1, 0.15) is 4.88 Å². The Balaban J connectivity index is 2.78. The van der Waals surface area contributed by atoms with Crippen LogP contribution in [0.5, 0.6) is 5.75 Å². The van der Waals surface area contributed by atoms with Crippen LogP contribution in [0.2, 0.25) is 0 Å². The van der Waals surface area contributed by atoms with E-state index in [1.54, 1.807) is 23.1 Å². The molecule has 0 aliphatic heterocycles. The Labute approximate surface area is 85.4 Å². The fraction of sp³-hybridized carbons (Fsp3) is 0.200. The van der Waals surface area contributed by atoms with Crippen LogP contribution in [0.15, 0.2) is 23.1 Å². The molecule has 0 saturated carbocycles. The van der Waals surface area contributed by atoms with Gasteiger partial charge in [0.15, 0.2) is 0 Å². The van der Waals surface area contributed by atoms with Crippen molar-refractivity contribution in [3.63, 3.8) is 0 Å². The largest absolute Gasteiger partial charge is 0.505 e. The molecule has 0 aliphatic rings. The first-order chi connectivity index (χ1) is 6.22. The molecule has 2 aromatic rings. The highest BCUT2D eigenvalue weighted by Gasteiger charge is 2.07. The van der Waals surface area contributed by atoms with Gasteiger partial charge in [0, 0.05) is 4.88 Å². The van der Waals surface area contributed by atoms with Gasteiger partial charge in [-0.1, -0.05) is 6.07 Å². The first-order valence-corrected chi connectivity index (χ1v) is 6.02. The fourth-order valence-electron chi connectivity index (χ4n) is 1.36. The van der Waals surface area contributed by atoms with E-state index in [0.29, 0.717) is 5.75 Å². The number of aromatic hydroxyl groups is 1. The van der Waals surface area contributed by atoms with Crippen LogP contribution in [-0.4, -0.2) is 11.4 Å². The first kappa shape index (κ1) is 8.91. The fourth-order valence-corrected chi connectivity index (χ4v) is 2.89. The minimum atomic E-state index is 0.433. The molecule has 1 aromatic carbocycles. The molecule has 0 atom stereocenters. The number of thioether (sulfide) groups is 1. The van der Waals surface area contributed by atoms with Gasteiger partial charge in [-0.2, -0.15) is 0 Å². The van der Waals surface area contributed by atoms with Gasteiger partial charge in [0.05, 0.1) is 9.60 Å². The molecule has 0 bridgehead atoms. The molecule has 68 valence electrons. The van der Waals surface area contributed by atoms with Gasteiger partial charge in [-0.15, -0.1) is 23.1 Å². The van der Waals surface area contributed by atoms with E-state index in [1.807, 2.05) is 12.3 Å². The minimum Gasteiger partial charge on any atom is -0.505 e. The van der Waals surface area contributed by atoms with E-state index in [2.05, 4.69) is 19.1 Å². The first-order valence-electron chi connectivity index (χ1n) is 3.98. The number of hydrogen-bond acceptors (Lipinski definition) is 3. The summed E-state index contributed by atoms with van der Waals surface area (Å²) in [5.74, 6) is 0.433. The predicted octanol–water partition coefficient (Wildman–Crippen LogP) is 3.64. The van der Waals surface area contributed by atoms with Crippen LogP contribution < -0.4 is 0 Å². The number of hydrogen-bond donors (Lipinski definition) is 1. The van der Waals surface area contributed by atoms with Gasteiger partial charge in [-0.05, 0) is 30.7 Å². The Morgan fingerprint density at radius 3 is 2.85 bits per heavy atom. The number of rotatable bonds is 1. The van der Waals surface area contributed by atoms with Gasteiger partial charge in [0.1, 0.15) is 5.75 Å². The van der Waals surface area contributed by atoms with Crippen LogP contribution in [-0.2, 0) is 0 Å². The summed E-state index contributed by atoms with van der Waals surface area (Å²) in [6.07, 6.45) is 1.97. The van der Waals surface area contributed by atoms with Crippen LogP contribution in [0.3, 0.4) is 0 Å². The van der Waals surface area contributed by atoms with E-state index >= 15 is 0 Å². The molecule has 1 N–H and O–H groups in total. The van der Waals surface area contributed by atoms with E-state index in [0.717, 1.165) is 15.0 Å². The molecule has 0 radical (unpaired) electrons. The molecule has 0 aliphatic carbocycles. The smallest absolute Gasteiger partial charge is 0.146 e. The average molecular weight is 210 g/mol. The van der Waals surface area contributed by atoms with Crippen LogP contribution >= 0.6 is 23.1 Å². The van der Waals surface area contributed by atoms with Crippen LogP contribution in [0.4, 0.5) is 0 Å². The second kappa shape index (κ2) is 3.24. The molecule has 0 amide bonds. The molecule has 1 nitrogen and oxygen atoms in total. The highest BCUT2D eigenvalue weighted by atomic mass is 32.2. The summed E-state index contributed by atoms with van der Waals surface area (Å²) in [7, 11) is 0. The minimum absolute atomic E-state index is 0.433. The Morgan fingerprint density at radius 1 is 1.38 bits per heavy atom. The number of thiophene rings is 1. The van der Waals surface area contributed by atoms with Gasteiger partial charge in [0.2, 0.25) is 0 Å². The van der Waals surface area contributed by atoms with Gasteiger partial charge >= 0.3 is 0 Å². The molecule has 2 rings (SSSR count). The second-order valence-electron chi connectivity index (χ2n) is 2.89. The maximum atomic E-state index is 9.85. The molecular formula is C10H10OS2. The molecular weight excluding hydrogens is 200 g/mol. The third kappa shape index (κ3) is 1.42. The predicted molar refractivity (Wildman–Crippen MR) is 60.0 cm³/mol. The molecule has 1 aromatic heterocycles. The SMILES string of the molecule is CSc1ccc2cc(C)sc2c1O. The topological polar surface area (TPSA) is 20.2 Å². The maximum Gasteiger partial charge on any atom is 0.146 e. The lowest BCUT2D eigenvalue weighted by Gasteiger charge is -2.00. The highest BCUT2D eigenvalue weighted by Crippen LogP contribution is 2.38. The van der Waals surface area contributed by atoms with Crippen molar-refractivity contribution in [3.8, 4) is 5.75 Å². The van der Waals surface area contributed by atoms with Crippen molar-refractivity contribution in [1.29, 1.82) is 0 Å². The van der Waals surface area contributed by atoms with Gasteiger partial charge in [0.25, 0.3) is 0 Å². The van der Waals surface area contributed by atoms with Crippen molar-refractivity contribution in [1.82, 2.24) is 0 Å². The summed E-state index contributed by atoms with van der Waals surface area (Å²) >= 11 is 3.22. The number of benzene rings is 1. The highest BCUT2D eigenvalue weighted by molar-refractivity contribution is 7.98. The van der Waals surface area contributed by atoms with Crippen molar-refractivity contribution >= 4 is 33.2 Å². The molecule has 3 heteroatoms. The zero-order valence-electron chi connectivity index (χ0n) is 7.50. The van der Waals surface area contributed by atoms with E-state index < -0.39 is 0 Å². The summed E-state index contributed by atoms with van der Waals surface area (Å²) in [6.45, 7) is 2.06. The number of fused-ring (bicyclic) bond motifs is 1. The van der Waals surface area contributed by atoms with E-state index in [9.17, 15) is 5.11 Å². The summed E-state index contributed by atoms with van der Waals surface area (Å²) in [5.41, 5.74) is 0. The lowest BCUT2D eigenvalue weighted by atomic mass is 10.2. The average Bonchev–Trinajstić information content (AvgIpc) is 2.47. The third-order valence-corrected chi connectivity index (χ3v) is 3.81. The lowest BCUT2D eigenvalue weighted by Crippen LogP contribution is -1.71.